The van der Waals surface area contributed by atoms with Crippen LogP contribution in [0.5, 0.6) is 0 Å². The molecule has 1 atom stereocenters. The summed E-state index contributed by atoms with van der Waals surface area (Å²) in [7, 11) is 0. The Balaban J connectivity index is 1.54. The van der Waals surface area contributed by atoms with Gasteiger partial charge < -0.3 is 15.0 Å². The number of carbonyl (C=O) groups is 4. The number of hydrogen-bond acceptors (Lipinski definition) is 5. The number of carbonyl (C=O) groups excluding carboxylic acids is 4. The summed E-state index contributed by atoms with van der Waals surface area (Å²) in [4.78, 5) is 50.4. The van der Waals surface area contributed by atoms with Crippen molar-refractivity contribution in [1.29, 1.82) is 0 Å². The van der Waals surface area contributed by atoms with Crippen LogP contribution in [0.1, 0.15) is 46.0 Å². The number of nitrogens with one attached hydrogen (secondary N) is 1. The lowest BCUT2D eigenvalue weighted by atomic mass is 10.1. The average molecular weight is 408 g/mol. The van der Waals surface area contributed by atoms with Crippen molar-refractivity contribution in [3.8, 4) is 0 Å². The maximum Gasteiger partial charge on any atom is 0.328 e. The van der Waals surface area contributed by atoms with Gasteiger partial charge in [-0.3, -0.25) is 14.4 Å². The van der Waals surface area contributed by atoms with Crippen LogP contribution in [0.25, 0.3) is 0 Å². The molecule has 0 bridgehead atoms. The van der Waals surface area contributed by atoms with Crippen molar-refractivity contribution in [2.45, 2.75) is 32.7 Å². The molecule has 3 rings (SSSR count). The molecule has 2 aromatic carbocycles. The van der Waals surface area contributed by atoms with Gasteiger partial charge in [0.05, 0.1) is 0 Å². The molecule has 2 aromatic rings. The van der Waals surface area contributed by atoms with Gasteiger partial charge in [0.15, 0.2) is 12.4 Å². The van der Waals surface area contributed by atoms with E-state index in [1.807, 2.05) is 13.0 Å². The number of ketones is 1. The van der Waals surface area contributed by atoms with E-state index >= 15 is 0 Å². The molecule has 0 aromatic heterocycles. The molecule has 1 saturated heterocycles. The van der Waals surface area contributed by atoms with Crippen molar-refractivity contribution < 1.29 is 23.9 Å². The van der Waals surface area contributed by atoms with Crippen LogP contribution in [0.3, 0.4) is 0 Å². The maximum absolute atomic E-state index is 12.4. The number of nitrogens with zero attached hydrogens (tertiary/aromatic N) is 1. The number of esters is 1. The van der Waals surface area contributed by atoms with Gasteiger partial charge in [-0.25, -0.2) is 4.79 Å². The second kappa shape index (κ2) is 9.35. The zero-order chi connectivity index (χ0) is 21.7. The molecule has 1 N–H and O–H groups in total. The highest BCUT2D eigenvalue weighted by molar-refractivity contribution is 6.01. The Morgan fingerprint density at radius 1 is 1.10 bits per heavy atom. The summed E-state index contributed by atoms with van der Waals surface area (Å²) in [6.45, 7) is 3.55. The second-order valence-electron chi connectivity index (χ2n) is 7.29. The first-order chi connectivity index (χ1) is 14.3. The molecule has 1 aliphatic rings. The van der Waals surface area contributed by atoms with Gasteiger partial charge in [-0.2, -0.15) is 0 Å². The van der Waals surface area contributed by atoms with E-state index in [2.05, 4.69) is 5.32 Å². The number of benzene rings is 2. The molecule has 1 aliphatic heterocycles. The molecule has 0 saturated carbocycles. The third kappa shape index (κ3) is 5.11. The minimum Gasteiger partial charge on any atom is -0.456 e. The average Bonchev–Trinajstić information content (AvgIpc) is 3.17. The summed E-state index contributed by atoms with van der Waals surface area (Å²) in [6.07, 6.45) is 1.29. The number of ether oxygens (including phenoxy) is 1. The minimum atomic E-state index is -0.903. The minimum absolute atomic E-state index is 0.0317. The summed E-state index contributed by atoms with van der Waals surface area (Å²) in [5.41, 5.74) is 2.39. The van der Waals surface area contributed by atoms with Crippen LogP contribution in [0.2, 0.25) is 0 Å². The SMILES string of the molecule is Cc1cccc(C(=O)N[C@@H](C)C(=O)OCC(=O)c2cccc(N3CCCC3=O)c2)c1. The van der Waals surface area contributed by atoms with E-state index in [4.69, 9.17) is 4.74 Å². The summed E-state index contributed by atoms with van der Waals surface area (Å²) in [5.74, 6) is -1.44. The molecule has 2 amide bonds. The zero-order valence-corrected chi connectivity index (χ0v) is 17.0. The van der Waals surface area contributed by atoms with E-state index in [9.17, 15) is 19.2 Å². The van der Waals surface area contributed by atoms with E-state index in [1.54, 1.807) is 47.4 Å². The van der Waals surface area contributed by atoms with Crippen molar-refractivity contribution >= 4 is 29.3 Å². The molecule has 7 heteroatoms. The molecule has 156 valence electrons. The molecule has 0 unspecified atom stereocenters. The number of Topliss-reactive ketones (excluding diaryl/α,β-unsaturated/α-hetero) is 1. The van der Waals surface area contributed by atoms with Crippen molar-refractivity contribution in [2.24, 2.45) is 0 Å². The molecule has 30 heavy (non-hydrogen) atoms. The topological polar surface area (TPSA) is 92.8 Å². The molecule has 0 spiro atoms. The number of amides is 2. The molecule has 7 nitrogen and oxygen atoms in total. The fourth-order valence-corrected chi connectivity index (χ4v) is 3.24. The number of aryl methyl sites for hydroxylation is 1. The van der Waals surface area contributed by atoms with Crippen molar-refractivity contribution in [2.75, 3.05) is 18.1 Å². The Hall–Kier alpha value is -3.48. The third-order valence-corrected chi connectivity index (χ3v) is 4.88. The smallest absolute Gasteiger partial charge is 0.328 e. The van der Waals surface area contributed by atoms with E-state index < -0.39 is 24.5 Å². The monoisotopic (exact) mass is 408 g/mol. The van der Waals surface area contributed by atoms with E-state index in [0.717, 1.165) is 12.0 Å². The van der Waals surface area contributed by atoms with Crippen molar-refractivity contribution in [3.63, 3.8) is 0 Å². The van der Waals surface area contributed by atoms with Crippen LogP contribution in [0, 0.1) is 6.92 Å². The normalized spacial score (nSPS) is 14.3. The number of hydrogen-bond donors (Lipinski definition) is 1. The maximum atomic E-state index is 12.4. The van der Waals surface area contributed by atoms with Gasteiger partial charge in [-0.05, 0) is 44.5 Å². The third-order valence-electron chi connectivity index (χ3n) is 4.88. The van der Waals surface area contributed by atoms with Gasteiger partial charge in [-0.15, -0.1) is 0 Å². The molecular formula is C23H24N2O5. The van der Waals surface area contributed by atoms with Crippen molar-refractivity contribution in [3.05, 3.63) is 65.2 Å². The largest absolute Gasteiger partial charge is 0.456 e. The lowest BCUT2D eigenvalue weighted by molar-refractivity contribution is -0.144. The lowest BCUT2D eigenvalue weighted by Gasteiger charge is -2.16. The van der Waals surface area contributed by atoms with E-state index in [0.29, 0.717) is 29.8 Å². The summed E-state index contributed by atoms with van der Waals surface area (Å²) in [6, 6.07) is 12.8. The first-order valence-corrected chi connectivity index (χ1v) is 9.83. The van der Waals surface area contributed by atoms with Crippen LogP contribution in [0.4, 0.5) is 5.69 Å². The predicted octanol–water partition coefficient (Wildman–Crippen LogP) is 2.67. The van der Waals surface area contributed by atoms with Gasteiger partial charge in [-0.1, -0.05) is 29.8 Å². The van der Waals surface area contributed by atoms with Gasteiger partial charge in [0.1, 0.15) is 6.04 Å². The molecule has 1 fully saturated rings. The highest BCUT2D eigenvalue weighted by Gasteiger charge is 2.23. The van der Waals surface area contributed by atoms with Crippen LogP contribution >= 0.6 is 0 Å². The second-order valence-corrected chi connectivity index (χ2v) is 7.29. The Bertz CT molecular complexity index is 985. The Morgan fingerprint density at radius 3 is 2.53 bits per heavy atom. The first kappa shape index (κ1) is 21.2. The van der Waals surface area contributed by atoms with E-state index in [1.165, 1.54) is 6.92 Å². The van der Waals surface area contributed by atoms with Crippen LogP contribution in [-0.2, 0) is 14.3 Å². The van der Waals surface area contributed by atoms with Crippen LogP contribution in [-0.4, -0.2) is 42.8 Å². The standard InChI is InChI=1S/C23H24N2O5/c1-15-6-3-8-18(12-15)22(28)24-16(2)23(29)30-14-20(26)17-7-4-9-19(13-17)25-11-5-10-21(25)27/h3-4,6-9,12-13,16H,5,10-11,14H2,1-2H3,(H,24,28)/t16-/m0/s1. The number of rotatable bonds is 7. The summed E-state index contributed by atoms with van der Waals surface area (Å²) in [5, 5.41) is 2.57. The quantitative estimate of drug-likeness (QED) is 0.562. The van der Waals surface area contributed by atoms with Gasteiger partial charge in [0.25, 0.3) is 5.91 Å². The number of anilines is 1. The van der Waals surface area contributed by atoms with Crippen molar-refractivity contribution in [1.82, 2.24) is 5.32 Å². The van der Waals surface area contributed by atoms with Gasteiger partial charge in [0.2, 0.25) is 5.91 Å². The first-order valence-electron chi connectivity index (χ1n) is 9.83. The fourth-order valence-electron chi connectivity index (χ4n) is 3.24. The van der Waals surface area contributed by atoms with Crippen LogP contribution < -0.4 is 10.2 Å². The molecule has 0 aliphatic carbocycles. The Kier molecular flexibility index (Phi) is 6.61. The fraction of sp³-hybridized carbons (Fsp3) is 0.304. The highest BCUT2D eigenvalue weighted by atomic mass is 16.5. The molecule has 1 heterocycles. The summed E-state index contributed by atoms with van der Waals surface area (Å²) >= 11 is 0. The Labute approximate surface area is 175 Å². The highest BCUT2D eigenvalue weighted by Crippen LogP contribution is 2.22. The van der Waals surface area contributed by atoms with Crippen LogP contribution in [0.15, 0.2) is 48.5 Å². The molecule has 0 radical (unpaired) electrons. The van der Waals surface area contributed by atoms with Gasteiger partial charge >= 0.3 is 5.97 Å². The van der Waals surface area contributed by atoms with Gasteiger partial charge in [0, 0.05) is 29.8 Å². The van der Waals surface area contributed by atoms with E-state index in [-0.39, 0.29) is 11.7 Å². The summed E-state index contributed by atoms with van der Waals surface area (Å²) < 4.78 is 5.08. The zero-order valence-electron chi connectivity index (χ0n) is 17.0. The molecular weight excluding hydrogens is 384 g/mol. The lowest BCUT2D eigenvalue weighted by Crippen LogP contribution is -2.40. The Morgan fingerprint density at radius 2 is 1.83 bits per heavy atom. The predicted molar refractivity (Wildman–Crippen MR) is 111 cm³/mol.